The minimum atomic E-state index is -3.21. The molecule has 0 spiro atoms. The van der Waals surface area contributed by atoms with Gasteiger partial charge in [0.2, 0.25) is 10.0 Å². The van der Waals surface area contributed by atoms with Gasteiger partial charge in [-0.3, -0.25) is 4.99 Å². The molecule has 1 aromatic heterocycles. The molecule has 142 valence electrons. The van der Waals surface area contributed by atoms with Crippen LogP contribution in [0.3, 0.4) is 0 Å². The van der Waals surface area contributed by atoms with E-state index >= 15 is 0 Å². The molecule has 2 heterocycles. The van der Waals surface area contributed by atoms with Crippen molar-refractivity contribution in [1.29, 1.82) is 0 Å². The summed E-state index contributed by atoms with van der Waals surface area (Å²) in [6.45, 7) is 6.05. The third-order valence-corrected chi connectivity index (χ3v) is 6.65. The van der Waals surface area contributed by atoms with Crippen molar-refractivity contribution in [1.82, 2.24) is 20.1 Å². The Hall–Kier alpha value is -1.26. The van der Waals surface area contributed by atoms with Gasteiger partial charge in [-0.05, 0) is 5.92 Å². The molecule has 0 aliphatic carbocycles. The highest BCUT2D eigenvalue weighted by molar-refractivity contribution is 7.99. The van der Waals surface area contributed by atoms with Crippen LogP contribution >= 0.6 is 11.8 Å². The molecule has 0 saturated carbocycles. The molecule has 0 amide bonds. The topological polar surface area (TPSA) is 99.8 Å². The van der Waals surface area contributed by atoms with Gasteiger partial charge in [-0.15, -0.1) is 0 Å². The summed E-state index contributed by atoms with van der Waals surface area (Å²) in [6, 6.07) is 1.91. The summed E-state index contributed by atoms with van der Waals surface area (Å²) in [4.78, 5) is 4.10. The molecule has 1 aromatic rings. The van der Waals surface area contributed by atoms with Gasteiger partial charge in [0.1, 0.15) is 0 Å². The van der Waals surface area contributed by atoms with E-state index in [1.54, 1.807) is 23.1 Å². The molecule has 1 saturated heterocycles. The van der Waals surface area contributed by atoms with Crippen molar-refractivity contribution in [3.63, 3.8) is 0 Å². The van der Waals surface area contributed by atoms with Crippen molar-refractivity contribution in [2.75, 3.05) is 43.9 Å². The van der Waals surface area contributed by atoms with Gasteiger partial charge >= 0.3 is 0 Å². The predicted molar refractivity (Wildman–Crippen MR) is 101 cm³/mol. The fourth-order valence-corrected chi connectivity index (χ4v) is 4.82. The minimum Gasteiger partial charge on any atom is -0.359 e. The third kappa shape index (κ3) is 6.19. The summed E-state index contributed by atoms with van der Waals surface area (Å²) in [6.07, 6.45) is 0. The molecule has 1 aliphatic heterocycles. The zero-order valence-corrected chi connectivity index (χ0v) is 16.6. The summed E-state index contributed by atoms with van der Waals surface area (Å²) >= 11 is 1.79. The Morgan fingerprint density at radius 2 is 2.12 bits per heavy atom. The number of rotatable bonds is 7. The van der Waals surface area contributed by atoms with Gasteiger partial charge in [-0.25, -0.2) is 12.7 Å². The number of sulfonamides is 1. The monoisotopic (exact) mass is 389 g/mol. The Balaban J connectivity index is 1.76. The van der Waals surface area contributed by atoms with Crippen LogP contribution in [0.2, 0.25) is 0 Å². The lowest BCUT2D eigenvalue weighted by molar-refractivity contribution is 0.372. The van der Waals surface area contributed by atoms with Crippen molar-refractivity contribution in [2.24, 2.45) is 4.99 Å². The number of thioether (sulfide) groups is 1. The highest BCUT2D eigenvalue weighted by Gasteiger charge is 2.23. The molecule has 0 radical (unpaired) electrons. The van der Waals surface area contributed by atoms with Gasteiger partial charge in [0, 0.05) is 44.3 Å². The van der Waals surface area contributed by atoms with Crippen molar-refractivity contribution in [3.8, 4) is 0 Å². The summed E-state index contributed by atoms with van der Waals surface area (Å²) < 4.78 is 31.4. The maximum Gasteiger partial charge on any atom is 0.215 e. The van der Waals surface area contributed by atoms with Crippen molar-refractivity contribution < 1.29 is 12.9 Å². The maximum absolute atomic E-state index is 12.3. The van der Waals surface area contributed by atoms with E-state index in [4.69, 9.17) is 4.52 Å². The third-order valence-electron chi connectivity index (χ3n) is 3.84. The van der Waals surface area contributed by atoms with Crippen LogP contribution in [-0.2, 0) is 16.6 Å². The number of guanidine groups is 1. The first-order valence-electron chi connectivity index (χ1n) is 8.38. The van der Waals surface area contributed by atoms with E-state index in [9.17, 15) is 8.42 Å². The van der Waals surface area contributed by atoms with E-state index in [1.165, 1.54) is 0 Å². The first-order valence-corrected chi connectivity index (χ1v) is 11.1. The van der Waals surface area contributed by atoms with Crippen LogP contribution in [0.15, 0.2) is 15.6 Å². The quantitative estimate of drug-likeness (QED) is 0.526. The van der Waals surface area contributed by atoms with Gasteiger partial charge in [0.15, 0.2) is 11.7 Å². The van der Waals surface area contributed by atoms with Gasteiger partial charge in [-0.2, -0.15) is 11.8 Å². The Bertz CT molecular complexity index is 666. The van der Waals surface area contributed by atoms with Gasteiger partial charge in [0.25, 0.3) is 0 Å². The normalized spacial score (nSPS) is 17.0. The molecule has 2 rings (SSSR count). The van der Waals surface area contributed by atoms with Gasteiger partial charge < -0.3 is 15.2 Å². The molecule has 0 bridgehead atoms. The second-order valence-corrected chi connectivity index (χ2v) is 9.37. The first-order chi connectivity index (χ1) is 11.9. The Labute approximate surface area is 153 Å². The highest BCUT2D eigenvalue weighted by atomic mass is 32.2. The lowest BCUT2D eigenvalue weighted by atomic mass is 10.1. The largest absolute Gasteiger partial charge is 0.359 e. The van der Waals surface area contributed by atoms with Crippen LogP contribution in [0.1, 0.15) is 31.2 Å². The van der Waals surface area contributed by atoms with E-state index in [2.05, 4.69) is 34.6 Å². The average molecular weight is 390 g/mol. The zero-order chi connectivity index (χ0) is 18.3. The SMILES string of the molecule is CN=C(NCCS(=O)(=O)N1CCSCC1)NCc1cc(C(C)C)no1. The number of nitrogens with one attached hydrogen (secondary N) is 2. The Morgan fingerprint density at radius 3 is 2.72 bits per heavy atom. The van der Waals surface area contributed by atoms with Crippen LogP contribution in [0.4, 0.5) is 0 Å². The predicted octanol–water partition coefficient (Wildman–Crippen LogP) is 0.842. The lowest BCUT2D eigenvalue weighted by Gasteiger charge is -2.25. The van der Waals surface area contributed by atoms with Crippen LogP contribution in [0, 0.1) is 0 Å². The molecule has 0 atom stereocenters. The molecule has 0 aromatic carbocycles. The van der Waals surface area contributed by atoms with Crippen LogP contribution in [0.5, 0.6) is 0 Å². The molecule has 1 aliphatic rings. The standard InChI is InChI=1S/C15H27N5O3S2/c1-12(2)14-10-13(23-19-14)11-18-15(16-3)17-4-9-25(21,22)20-5-7-24-8-6-20/h10,12H,4-9,11H2,1-3H3,(H2,16,17,18). The second-order valence-electron chi connectivity index (χ2n) is 6.05. The maximum atomic E-state index is 12.3. The minimum absolute atomic E-state index is 0.0537. The lowest BCUT2D eigenvalue weighted by Crippen LogP contribution is -2.44. The first kappa shape index (κ1) is 20.1. The second kappa shape index (κ2) is 9.44. The van der Waals surface area contributed by atoms with Gasteiger partial charge in [-0.1, -0.05) is 19.0 Å². The number of aliphatic imine (C=N–C) groups is 1. The van der Waals surface area contributed by atoms with Crippen molar-refractivity contribution in [2.45, 2.75) is 26.3 Å². The van der Waals surface area contributed by atoms with Crippen molar-refractivity contribution >= 4 is 27.7 Å². The van der Waals surface area contributed by atoms with E-state index in [0.29, 0.717) is 43.8 Å². The average Bonchev–Trinajstić information content (AvgIpc) is 3.08. The summed E-state index contributed by atoms with van der Waals surface area (Å²) in [5, 5.41) is 10.1. The molecule has 1 fully saturated rings. The van der Waals surface area contributed by atoms with Crippen LogP contribution < -0.4 is 10.6 Å². The van der Waals surface area contributed by atoms with Crippen LogP contribution in [-0.4, -0.2) is 67.8 Å². The van der Waals surface area contributed by atoms with Crippen LogP contribution in [0.25, 0.3) is 0 Å². The Kier molecular flexibility index (Phi) is 7.57. The number of hydrogen-bond acceptors (Lipinski definition) is 6. The molecule has 8 nitrogen and oxygen atoms in total. The Morgan fingerprint density at radius 1 is 1.40 bits per heavy atom. The molecule has 25 heavy (non-hydrogen) atoms. The van der Waals surface area contributed by atoms with Gasteiger partial charge in [0.05, 0.1) is 18.0 Å². The van der Waals surface area contributed by atoms with E-state index in [0.717, 1.165) is 17.2 Å². The molecular weight excluding hydrogens is 362 g/mol. The molecule has 10 heteroatoms. The summed E-state index contributed by atoms with van der Waals surface area (Å²) in [5.74, 6) is 3.35. The fourth-order valence-electron chi connectivity index (χ4n) is 2.33. The molecule has 0 unspecified atom stereocenters. The fraction of sp³-hybridized carbons (Fsp3) is 0.733. The van der Waals surface area contributed by atoms with E-state index < -0.39 is 10.0 Å². The number of aromatic nitrogens is 1. The highest BCUT2D eigenvalue weighted by Crippen LogP contribution is 2.14. The van der Waals surface area contributed by atoms with Crippen molar-refractivity contribution in [3.05, 3.63) is 17.5 Å². The summed E-state index contributed by atoms with van der Waals surface area (Å²) in [7, 11) is -1.57. The van der Waals surface area contributed by atoms with E-state index in [1.807, 2.05) is 6.07 Å². The molecule has 2 N–H and O–H groups in total. The molecular formula is C15H27N5O3S2. The van der Waals surface area contributed by atoms with E-state index in [-0.39, 0.29) is 5.75 Å². The zero-order valence-electron chi connectivity index (χ0n) is 15.0. The summed E-state index contributed by atoms with van der Waals surface area (Å²) in [5.41, 5.74) is 0.908. The number of hydrogen-bond donors (Lipinski definition) is 2. The number of nitrogens with zero attached hydrogens (tertiary/aromatic N) is 3. The smallest absolute Gasteiger partial charge is 0.215 e.